The molecule has 1 atom stereocenters. The number of benzene rings is 1. The topological polar surface area (TPSA) is 84.4 Å². The van der Waals surface area contributed by atoms with Crippen molar-refractivity contribution < 1.29 is 14.0 Å². The normalized spacial score (nSPS) is 20.3. The van der Waals surface area contributed by atoms with Gasteiger partial charge in [-0.05, 0) is 57.8 Å². The number of piperidine rings is 1. The summed E-state index contributed by atoms with van der Waals surface area (Å²) in [5.41, 5.74) is 2.98. The second kappa shape index (κ2) is 8.16. The molecule has 2 aliphatic heterocycles. The summed E-state index contributed by atoms with van der Waals surface area (Å²) in [5, 5.41) is 15.0. The Bertz CT molecular complexity index is 1160. The second-order valence-corrected chi connectivity index (χ2v) is 8.77. The fourth-order valence-corrected chi connectivity index (χ4v) is 4.95. The zero-order valence-electron chi connectivity index (χ0n) is 17.7. The summed E-state index contributed by atoms with van der Waals surface area (Å²) in [6.45, 7) is 4.88. The molecule has 0 amide bonds. The van der Waals surface area contributed by atoms with Crippen LogP contribution in [0.3, 0.4) is 0 Å². The lowest BCUT2D eigenvalue weighted by Gasteiger charge is -2.31. The van der Waals surface area contributed by atoms with Gasteiger partial charge in [0.15, 0.2) is 5.58 Å². The van der Waals surface area contributed by atoms with E-state index in [0.717, 1.165) is 60.6 Å². The maximum atomic E-state index is 13.4. The van der Waals surface area contributed by atoms with E-state index < -0.39 is 6.10 Å². The van der Waals surface area contributed by atoms with Gasteiger partial charge in [0, 0.05) is 41.6 Å². The molecular formula is C23H27FN4O3. The second-order valence-electron chi connectivity index (χ2n) is 8.77. The Hall–Kier alpha value is -2.58. The van der Waals surface area contributed by atoms with Crippen molar-refractivity contribution in [1.82, 2.24) is 19.6 Å². The minimum atomic E-state index is -0.467. The molecule has 8 heteroatoms. The molecule has 0 unspecified atom stereocenters. The third kappa shape index (κ3) is 3.90. The van der Waals surface area contributed by atoms with Gasteiger partial charge in [-0.3, -0.25) is 9.36 Å². The zero-order chi connectivity index (χ0) is 21.5. The fourth-order valence-electron chi connectivity index (χ4n) is 4.95. The number of fused-ring (bicyclic) bond motifs is 2. The molecule has 0 bridgehead atoms. The smallest absolute Gasteiger partial charge is 0.257 e. The van der Waals surface area contributed by atoms with Gasteiger partial charge in [0.1, 0.15) is 11.6 Å². The molecule has 0 spiro atoms. The maximum Gasteiger partial charge on any atom is 0.257 e. The standard InChI is InChI=1S/C23H27FN4O3/c1-14-18(23(30)28-13-17(29)3-5-21(28)25-14)8-11-27-9-6-15(7-10-27)22-19-4-2-16(24)12-20(19)31-26-22/h2,4,12,15,17,29H,3,5-11,13H2,1H3/t17-/m1/s1. The molecule has 164 valence electrons. The van der Waals surface area contributed by atoms with Crippen LogP contribution in [-0.4, -0.2) is 50.5 Å². The monoisotopic (exact) mass is 426 g/mol. The molecule has 1 aromatic carbocycles. The first-order valence-electron chi connectivity index (χ1n) is 11.0. The Balaban J connectivity index is 1.23. The lowest BCUT2D eigenvalue weighted by molar-refractivity contribution is 0.127. The summed E-state index contributed by atoms with van der Waals surface area (Å²) in [7, 11) is 0. The predicted molar refractivity (Wildman–Crippen MR) is 114 cm³/mol. The van der Waals surface area contributed by atoms with Crippen LogP contribution in [0.15, 0.2) is 27.5 Å². The van der Waals surface area contributed by atoms with Crippen LogP contribution in [0.4, 0.5) is 4.39 Å². The van der Waals surface area contributed by atoms with Gasteiger partial charge >= 0.3 is 0 Å². The molecule has 1 saturated heterocycles. The largest absolute Gasteiger partial charge is 0.391 e. The molecule has 2 aromatic heterocycles. The average Bonchev–Trinajstić information content (AvgIpc) is 3.17. The van der Waals surface area contributed by atoms with Crippen molar-refractivity contribution in [3.8, 4) is 0 Å². The highest BCUT2D eigenvalue weighted by molar-refractivity contribution is 5.79. The van der Waals surface area contributed by atoms with Gasteiger partial charge in [-0.25, -0.2) is 9.37 Å². The van der Waals surface area contributed by atoms with Crippen LogP contribution in [0.5, 0.6) is 0 Å². The van der Waals surface area contributed by atoms with Crippen molar-refractivity contribution in [2.75, 3.05) is 19.6 Å². The van der Waals surface area contributed by atoms with Crippen molar-refractivity contribution in [3.63, 3.8) is 0 Å². The lowest BCUT2D eigenvalue weighted by atomic mass is 9.91. The molecule has 3 aromatic rings. The van der Waals surface area contributed by atoms with Crippen LogP contribution >= 0.6 is 0 Å². The number of aryl methyl sites for hydroxylation is 2. The molecule has 31 heavy (non-hydrogen) atoms. The summed E-state index contributed by atoms with van der Waals surface area (Å²) in [5.74, 6) is 0.765. The average molecular weight is 426 g/mol. The van der Waals surface area contributed by atoms with E-state index in [1.807, 2.05) is 6.92 Å². The van der Waals surface area contributed by atoms with Crippen molar-refractivity contribution in [3.05, 3.63) is 57.1 Å². The Labute approximate surface area is 179 Å². The first-order valence-corrected chi connectivity index (χ1v) is 11.0. The number of hydrogen-bond acceptors (Lipinski definition) is 6. The molecular weight excluding hydrogens is 399 g/mol. The third-order valence-electron chi connectivity index (χ3n) is 6.76. The fraction of sp³-hybridized carbons (Fsp3) is 0.522. The quantitative estimate of drug-likeness (QED) is 0.690. The molecule has 5 rings (SSSR count). The molecule has 7 nitrogen and oxygen atoms in total. The van der Waals surface area contributed by atoms with E-state index in [1.54, 1.807) is 10.6 Å². The molecule has 4 heterocycles. The number of likely N-dealkylation sites (tertiary alicyclic amines) is 1. The Morgan fingerprint density at radius 2 is 2.06 bits per heavy atom. The Kier molecular flexibility index (Phi) is 5.35. The Morgan fingerprint density at radius 1 is 1.26 bits per heavy atom. The third-order valence-corrected chi connectivity index (χ3v) is 6.76. The van der Waals surface area contributed by atoms with E-state index in [9.17, 15) is 14.3 Å². The van der Waals surface area contributed by atoms with Crippen molar-refractivity contribution >= 4 is 11.0 Å². The van der Waals surface area contributed by atoms with E-state index in [0.29, 0.717) is 37.3 Å². The summed E-state index contributed by atoms with van der Waals surface area (Å²) >= 11 is 0. The number of hydrogen-bond donors (Lipinski definition) is 1. The highest BCUT2D eigenvalue weighted by Gasteiger charge is 2.26. The van der Waals surface area contributed by atoms with Crippen LogP contribution in [0.2, 0.25) is 0 Å². The summed E-state index contributed by atoms with van der Waals surface area (Å²) < 4.78 is 20.4. The Morgan fingerprint density at radius 3 is 2.87 bits per heavy atom. The lowest BCUT2D eigenvalue weighted by Crippen LogP contribution is -2.39. The molecule has 0 radical (unpaired) electrons. The highest BCUT2D eigenvalue weighted by Crippen LogP contribution is 2.32. The molecule has 0 saturated carbocycles. The summed E-state index contributed by atoms with van der Waals surface area (Å²) in [6.07, 6.45) is 3.40. The number of aromatic nitrogens is 3. The van der Waals surface area contributed by atoms with Gasteiger partial charge in [-0.15, -0.1) is 0 Å². The summed E-state index contributed by atoms with van der Waals surface area (Å²) in [6, 6.07) is 4.58. The number of halogens is 1. The van der Waals surface area contributed by atoms with Gasteiger partial charge < -0.3 is 14.5 Å². The zero-order valence-corrected chi connectivity index (χ0v) is 17.7. The maximum absolute atomic E-state index is 13.4. The SMILES string of the molecule is Cc1nc2n(c(=O)c1CCN1CCC(c3noc4cc(F)ccc34)CC1)C[C@H](O)CC2. The van der Waals surface area contributed by atoms with E-state index in [4.69, 9.17) is 4.52 Å². The van der Waals surface area contributed by atoms with Gasteiger partial charge in [0.2, 0.25) is 0 Å². The van der Waals surface area contributed by atoms with Crippen LogP contribution in [-0.2, 0) is 19.4 Å². The molecule has 1 N–H and O–H groups in total. The van der Waals surface area contributed by atoms with Crippen molar-refractivity contribution in [2.45, 2.75) is 57.6 Å². The minimum absolute atomic E-state index is 0.00237. The van der Waals surface area contributed by atoms with E-state index in [2.05, 4.69) is 15.0 Å². The predicted octanol–water partition coefficient (Wildman–Crippen LogP) is 2.56. The first-order chi connectivity index (χ1) is 15.0. The first kappa shape index (κ1) is 20.3. The number of nitrogens with zero attached hydrogens (tertiary/aromatic N) is 4. The van der Waals surface area contributed by atoms with Gasteiger partial charge in [0.25, 0.3) is 5.56 Å². The van der Waals surface area contributed by atoms with Crippen LogP contribution in [0.1, 0.15) is 48.0 Å². The summed E-state index contributed by atoms with van der Waals surface area (Å²) in [4.78, 5) is 20.0. The van der Waals surface area contributed by atoms with Crippen LogP contribution in [0.25, 0.3) is 11.0 Å². The van der Waals surface area contributed by atoms with Gasteiger partial charge in [0.05, 0.1) is 18.3 Å². The minimum Gasteiger partial charge on any atom is -0.391 e. The number of aliphatic hydroxyl groups excluding tert-OH is 1. The molecule has 2 aliphatic rings. The number of rotatable bonds is 4. The van der Waals surface area contributed by atoms with Gasteiger partial charge in [-0.2, -0.15) is 0 Å². The van der Waals surface area contributed by atoms with E-state index in [1.165, 1.54) is 12.1 Å². The van der Waals surface area contributed by atoms with Gasteiger partial charge in [-0.1, -0.05) is 5.16 Å². The van der Waals surface area contributed by atoms with Crippen LogP contribution < -0.4 is 5.56 Å². The molecule has 1 fully saturated rings. The van der Waals surface area contributed by atoms with Crippen molar-refractivity contribution in [1.29, 1.82) is 0 Å². The number of aliphatic hydroxyl groups is 1. The van der Waals surface area contributed by atoms with Crippen LogP contribution in [0, 0.1) is 12.7 Å². The van der Waals surface area contributed by atoms with E-state index in [-0.39, 0.29) is 11.4 Å². The van der Waals surface area contributed by atoms with Crippen molar-refractivity contribution in [2.24, 2.45) is 0 Å². The highest BCUT2D eigenvalue weighted by atomic mass is 19.1. The van der Waals surface area contributed by atoms with E-state index >= 15 is 0 Å². The molecule has 0 aliphatic carbocycles.